The van der Waals surface area contributed by atoms with Gasteiger partial charge in [-0.2, -0.15) is 0 Å². The molecule has 0 spiro atoms. The Bertz CT molecular complexity index is 325. The van der Waals surface area contributed by atoms with Crippen LogP contribution in [0.15, 0.2) is 0 Å². The summed E-state index contributed by atoms with van der Waals surface area (Å²) in [5.41, 5.74) is 2.16. The number of halogens is 6. The second-order valence-corrected chi connectivity index (χ2v) is 2.30. The van der Waals surface area contributed by atoms with Gasteiger partial charge in [0.2, 0.25) is 5.82 Å². The van der Waals surface area contributed by atoms with Crippen LogP contribution < -0.4 is 18.1 Å². The summed E-state index contributed by atoms with van der Waals surface area (Å²) in [7, 11) is 0. The second kappa shape index (κ2) is 4.56. The van der Waals surface area contributed by atoms with Crippen LogP contribution in [0.4, 0.5) is 22.0 Å². The van der Waals surface area contributed by atoms with E-state index in [0.717, 1.165) is 0 Å². The molecule has 3 N–H and O–H groups in total. The van der Waals surface area contributed by atoms with E-state index >= 15 is 0 Å². The van der Waals surface area contributed by atoms with Gasteiger partial charge in [0.15, 0.2) is 23.3 Å². The molecule has 0 atom stereocenters. The Balaban J connectivity index is 0.00000169. The molecule has 0 fully saturated rings. The monoisotopic (exact) mass is 233 g/mol. The number of quaternary nitrogens is 1. The van der Waals surface area contributed by atoms with Crippen molar-refractivity contribution in [3.8, 4) is 0 Å². The Labute approximate surface area is 82.1 Å². The standard InChI is InChI=1S/C7H4F5N.ClH/c8-3-2(1-13)4(9)6(11)7(12)5(3)10;/h1,13H2;1H. The van der Waals surface area contributed by atoms with Crippen LogP contribution in [0.1, 0.15) is 5.56 Å². The van der Waals surface area contributed by atoms with Crippen LogP contribution in [-0.4, -0.2) is 0 Å². The van der Waals surface area contributed by atoms with E-state index in [1.165, 1.54) is 0 Å². The minimum atomic E-state index is -2.15. The Hall–Kier alpha value is -0.880. The normalized spacial score (nSPS) is 9.86. The van der Waals surface area contributed by atoms with Crippen molar-refractivity contribution in [2.75, 3.05) is 0 Å². The van der Waals surface area contributed by atoms with Crippen molar-refractivity contribution >= 4 is 0 Å². The molecule has 0 saturated carbocycles. The summed E-state index contributed by atoms with van der Waals surface area (Å²) >= 11 is 0. The fraction of sp³-hybridized carbons (Fsp3) is 0.143. The minimum absolute atomic E-state index is 0. The fourth-order valence-corrected chi connectivity index (χ4v) is 0.870. The molecule has 0 amide bonds. The molecule has 80 valence electrons. The summed E-state index contributed by atoms with van der Waals surface area (Å²) < 4.78 is 62.5. The molecule has 0 saturated heterocycles. The first-order valence-corrected chi connectivity index (χ1v) is 3.30. The largest absolute Gasteiger partial charge is 1.00 e. The Kier molecular flexibility index (Phi) is 4.28. The predicted molar refractivity (Wildman–Crippen MR) is 32.8 cm³/mol. The predicted octanol–water partition coefficient (Wildman–Crippen LogP) is -1.87. The summed E-state index contributed by atoms with van der Waals surface area (Å²) in [5, 5.41) is 0. The second-order valence-electron chi connectivity index (χ2n) is 2.30. The SMILES string of the molecule is [Cl-].[NH3+]Cc1c(F)c(F)c(F)c(F)c1F. The molecule has 0 aromatic heterocycles. The molecular formula is C7H5ClF5N. The molecule has 1 aromatic rings. The van der Waals surface area contributed by atoms with Crippen LogP contribution in [0.3, 0.4) is 0 Å². The van der Waals surface area contributed by atoms with Gasteiger partial charge in [-0.15, -0.1) is 0 Å². The van der Waals surface area contributed by atoms with Gasteiger partial charge in [0, 0.05) is 0 Å². The molecule has 0 aliphatic heterocycles. The zero-order valence-electron chi connectivity index (χ0n) is 6.68. The molecule has 0 aliphatic rings. The summed E-state index contributed by atoms with van der Waals surface area (Å²) in [5.74, 6) is -9.64. The van der Waals surface area contributed by atoms with E-state index < -0.39 is 41.2 Å². The van der Waals surface area contributed by atoms with E-state index in [2.05, 4.69) is 5.73 Å². The van der Waals surface area contributed by atoms with E-state index in [0.29, 0.717) is 0 Å². The van der Waals surface area contributed by atoms with Gasteiger partial charge in [0.25, 0.3) is 0 Å². The van der Waals surface area contributed by atoms with Crippen LogP contribution in [0, 0.1) is 29.1 Å². The van der Waals surface area contributed by atoms with Crippen molar-refractivity contribution in [2.45, 2.75) is 6.54 Å². The molecule has 1 rings (SSSR count). The molecule has 0 radical (unpaired) electrons. The molecule has 7 heteroatoms. The van der Waals surface area contributed by atoms with E-state index in [1.807, 2.05) is 0 Å². The Morgan fingerprint density at radius 3 is 1.29 bits per heavy atom. The van der Waals surface area contributed by atoms with Crippen LogP contribution in [0.2, 0.25) is 0 Å². The first kappa shape index (κ1) is 13.1. The Morgan fingerprint density at radius 1 is 0.714 bits per heavy atom. The highest BCUT2D eigenvalue weighted by Crippen LogP contribution is 2.21. The lowest BCUT2D eigenvalue weighted by atomic mass is 10.1. The average molecular weight is 234 g/mol. The quantitative estimate of drug-likeness (QED) is 0.334. The molecule has 14 heavy (non-hydrogen) atoms. The van der Waals surface area contributed by atoms with E-state index in [-0.39, 0.29) is 12.4 Å². The van der Waals surface area contributed by atoms with Crippen molar-refractivity contribution in [1.29, 1.82) is 0 Å². The number of rotatable bonds is 1. The smallest absolute Gasteiger partial charge is 0.200 e. The van der Waals surface area contributed by atoms with Crippen LogP contribution >= 0.6 is 0 Å². The van der Waals surface area contributed by atoms with Crippen molar-refractivity contribution in [2.24, 2.45) is 0 Å². The van der Waals surface area contributed by atoms with E-state index in [4.69, 9.17) is 0 Å². The van der Waals surface area contributed by atoms with Gasteiger partial charge in [-0.3, -0.25) is 0 Å². The van der Waals surface area contributed by atoms with Crippen molar-refractivity contribution in [3.05, 3.63) is 34.6 Å². The lowest BCUT2D eigenvalue weighted by Crippen LogP contribution is -3.00. The van der Waals surface area contributed by atoms with Crippen molar-refractivity contribution in [1.82, 2.24) is 0 Å². The van der Waals surface area contributed by atoms with Crippen molar-refractivity contribution < 1.29 is 40.1 Å². The van der Waals surface area contributed by atoms with Crippen LogP contribution in [0.5, 0.6) is 0 Å². The lowest BCUT2D eigenvalue weighted by Gasteiger charge is -2.03. The molecule has 0 heterocycles. The zero-order chi connectivity index (χ0) is 10.2. The molecule has 0 bridgehead atoms. The summed E-state index contributed by atoms with van der Waals surface area (Å²) in [6.45, 7) is -0.494. The van der Waals surface area contributed by atoms with Gasteiger partial charge >= 0.3 is 0 Å². The van der Waals surface area contributed by atoms with Gasteiger partial charge in [0.1, 0.15) is 6.54 Å². The summed E-state index contributed by atoms with van der Waals surface area (Å²) in [4.78, 5) is 0. The zero-order valence-corrected chi connectivity index (χ0v) is 7.44. The van der Waals surface area contributed by atoms with Gasteiger partial charge in [-0.1, -0.05) is 0 Å². The molecule has 1 nitrogen and oxygen atoms in total. The maximum Gasteiger partial charge on any atom is 0.200 e. The summed E-state index contributed by atoms with van der Waals surface area (Å²) in [6, 6.07) is 0. The van der Waals surface area contributed by atoms with Gasteiger partial charge in [0.05, 0.1) is 5.56 Å². The fourth-order valence-electron chi connectivity index (χ4n) is 0.870. The first-order valence-electron chi connectivity index (χ1n) is 3.30. The van der Waals surface area contributed by atoms with Gasteiger partial charge in [-0.25, -0.2) is 22.0 Å². The molecule has 1 aromatic carbocycles. The third kappa shape index (κ3) is 1.80. The molecule has 0 aliphatic carbocycles. The first-order chi connectivity index (χ1) is 6.00. The summed E-state index contributed by atoms with van der Waals surface area (Å²) in [6.07, 6.45) is 0. The van der Waals surface area contributed by atoms with Crippen LogP contribution in [0.25, 0.3) is 0 Å². The van der Waals surface area contributed by atoms with Gasteiger partial charge in [-0.05, 0) is 0 Å². The number of hydrogen-bond donors (Lipinski definition) is 1. The van der Waals surface area contributed by atoms with E-state index in [9.17, 15) is 22.0 Å². The van der Waals surface area contributed by atoms with Crippen LogP contribution in [-0.2, 0) is 6.54 Å². The van der Waals surface area contributed by atoms with Gasteiger partial charge < -0.3 is 18.1 Å². The lowest BCUT2D eigenvalue weighted by molar-refractivity contribution is -0.387. The topological polar surface area (TPSA) is 27.6 Å². The highest BCUT2D eigenvalue weighted by atomic mass is 35.5. The highest BCUT2D eigenvalue weighted by molar-refractivity contribution is 5.23. The third-order valence-electron chi connectivity index (χ3n) is 1.55. The number of benzene rings is 1. The molecule has 0 unspecified atom stereocenters. The maximum atomic E-state index is 12.6. The highest BCUT2D eigenvalue weighted by Gasteiger charge is 2.25. The molecular weight excluding hydrogens is 229 g/mol. The van der Waals surface area contributed by atoms with Crippen molar-refractivity contribution in [3.63, 3.8) is 0 Å². The third-order valence-corrected chi connectivity index (χ3v) is 1.55. The maximum absolute atomic E-state index is 12.6. The number of hydrogen-bond acceptors (Lipinski definition) is 0. The Morgan fingerprint density at radius 2 is 1.00 bits per heavy atom. The average Bonchev–Trinajstić information content (AvgIpc) is 2.13. The minimum Gasteiger partial charge on any atom is -1.00 e. The van der Waals surface area contributed by atoms with E-state index in [1.54, 1.807) is 0 Å².